The molecule has 0 aliphatic carbocycles. The van der Waals surface area contributed by atoms with Crippen molar-refractivity contribution in [3.05, 3.63) is 71.9 Å². The van der Waals surface area contributed by atoms with Crippen LogP contribution in [0.15, 0.2) is 60.8 Å². The van der Waals surface area contributed by atoms with Crippen molar-refractivity contribution in [2.75, 3.05) is 19.8 Å². The summed E-state index contributed by atoms with van der Waals surface area (Å²) in [5.74, 6) is -13.4. The highest BCUT2D eigenvalue weighted by atomic mass is 16.4. The first-order valence-corrected chi connectivity index (χ1v) is 24.2. The molecule has 0 spiro atoms. The van der Waals surface area contributed by atoms with Crippen LogP contribution in [0.4, 0.5) is 0 Å². The second kappa shape index (κ2) is 29.8. The lowest BCUT2D eigenvalue weighted by molar-refractivity contribution is -0.145. The van der Waals surface area contributed by atoms with E-state index < -0.39 is 164 Å². The van der Waals surface area contributed by atoms with Crippen LogP contribution in [0.3, 0.4) is 0 Å². The van der Waals surface area contributed by atoms with Crippen molar-refractivity contribution in [2.24, 2.45) is 17.6 Å². The van der Waals surface area contributed by atoms with Gasteiger partial charge in [-0.3, -0.25) is 47.9 Å². The molecule has 0 fully saturated rings. The highest BCUT2D eigenvalue weighted by molar-refractivity contribution is 5.99. The standard InChI is InChI=1S/C49H69N11O16/c1-23(2)38(48(74)60-40(26(6)63)49(75)76)58-36(64)20-52-42(68)31(16-27-12-8-7-9-13-27)53-46(72)35(22-62)57-43(69)32(17-28-19-51-30-15-11-10-14-29(28)30)55-47(73)39(24(3)4)59-44(70)33(18-37(65)66)54-45(71)34(21-61)56-41(67)25(5)50/h7-15,19,23-26,31-35,38-40,51,61-63H,16-18,20-22,50H2,1-6H3,(H,52,68)(H,53,72)(H,54,71)(H,55,73)(H,56,67)(H,57,69)(H,58,64)(H,59,70)(H,60,74)(H,65,66)(H,75,76)/t25-,26+,31-,32-,33-,34-,35-,38-,39-,40-/m0/s1. The van der Waals surface area contributed by atoms with Crippen molar-refractivity contribution in [2.45, 2.75) is 121 Å². The second-order valence-corrected chi connectivity index (χ2v) is 18.6. The summed E-state index contributed by atoms with van der Waals surface area (Å²) in [5, 5.41) is 70.9. The molecule has 0 radical (unpaired) electrons. The van der Waals surface area contributed by atoms with Gasteiger partial charge in [0.15, 0.2) is 6.04 Å². The number of aliphatic carboxylic acids is 2. The Hall–Kier alpha value is -8.01. The smallest absolute Gasteiger partial charge is 0.328 e. The Morgan fingerprint density at radius 3 is 1.53 bits per heavy atom. The first kappa shape index (κ1) is 62.3. The highest BCUT2D eigenvalue weighted by Crippen LogP contribution is 2.20. The van der Waals surface area contributed by atoms with Crippen LogP contribution in [0.25, 0.3) is 10.9 Å². The maximum absolute atomic E-state index is 14.3. The quantitative estimate of drug-likeness (QED) is 0.0299. The number of benzene rings is 2. The second-order valence-electron chi connectivity index (χ2n) is 18.6. The SMILES string of the molecule is CC(C)[C@H](NC(=O)CNC(=O)[C@H](Cc1ccccc1)NC(=O)[C@H](CO)NC(=O)[C@H](Cc1c[nH]c2ccccc12)NC(=O)[C@@H](NC(=O)[C@H](CC(=O)O)NC(=O)[C@H](CO)NC(=O)[C@H](C)N)C(C)C)C(=O)N[C@H](C(=O)O)[C@@H](C)O. The van der Waals surface area contributed by atoms with Gasteiger partial charge in [0.05, 0.1) is 38.3 Å². The summed E-state index contributed by atoms with van der Waals surface area (Å²) < 4.78 is 0. The summed E-state index contributed by atoms with van der Waals surface area (Å²) in [6, 6.07) is 1.33. The minimum atomic E-state index is -1.85. The van der Waals surface area contributed by atoms with E-state index in [0.29, 0.717) is 22.0 Å². The summed E-state index contributed by atoms with van der Waals surface area (Å²) >= 11 is 0. The van der Waals surface area contributed by atoms with Gasteiger partial charge in [-0.05, 0) is 42.9 Å². The number of carboxylic acids is 2. The van der Waals surface area contributed by atoms with Gasteiger partial charge in [0, 0.05) is 29.9 Å². The van der Waals surface area contributed by atoms with Crippen LogP contribution in [0.5, 0.6) is 0 Å². The molecule has 3 aromatic rings. The summed E-state index contributed by atoms with van der Waals surface area (Å²) in [7, 11) is 0. The predicted molar refractivity (Wildman–Crippen MR) is 270 cm³/mol. The lowest BCUT2D eigenvalue weighted by atomic mass is 9.99. The molecule has 3 rings (SSSR count). The summed E-state index contributed by atoms with van der Waals surface area (Å²) in [5.41, 5.74) is 7.21. The first-order valence-electron chi connectivity index (χ1n) is 24.2. The number of rotatable bonds is 30. The molecule has 0 unspecified atom stereocenters. The molecular formula is C49H69N11O16. The Balaban J connectivity index is 1.88. The Morgan fingerprint density at radius 1 is 0.526 bits per heavy atom. The fourth-order valence-electron chi connectivity index (χ4n) is 7.41. The van der Waals surface area contributed by atoms with Gasteiger partial charge >= 0.3 is 11.9 Å². The summed E-state index contributed by atoms with van der Waals surface area (Å²) in [6.45, 7) is 5.85. The van der Waals surface area contributed by atoms with E-state index >= 15 is 0 Å². The monoisotopic (exact) mass is 1070 g/mol. The van der Waals surface area contributed by atoms with Gasteiger partial charge in [-0.1, -0.05) is 76.2 Å². The van der Waals surface area contributed by atoms with Crippen molar-refractivity contribution in [3.8, 4) is 0 Å². The van der Waals surface area contributed by atoms with Gasteiger partial charge < -0.3 is 84.1 Å². The van der Waals surface area contributed by atoms with Gasteiger partial charge in [-0.2, -0.15) is 0 Å². The van der Waals surface area contributed by atoms with Gasteiger partial charge in [0.1, 0.15) is 42.3 Å². The third-order valence-electron chi connectivity index (χ3n) is 11.7. The molecule has 27 nitrogen and oxygen atoms in total. The average molecular weight is 1070 g/mol. The van der Waals surface area contributed by atoms with E-state index in [4.69, 9.17) is 5.73 Å². The number of fused-ring (bicyclic) bond motifs is 1. The lowest BCUT2D eigenvalue weighted by Gasteiger charge is -2.28. The third-order valence-corrected chi connectivity index (χ3v) is 11.7. The number of aliphatic hydroxyl groups is 3. The van der Waals surface area contributed by atoms with Gasteiger partial charge in [0.25, 0.3) is 0 Å². The minimum absolute atomic E-state index is 0.177. The molecule has 1 aromatic heterocycles. The van der Waals surface area contributed by atoms with E-state index in [9.17, 15) is 78.3 Å². The van der Waals surface area contributed by atoms with E-state index in [1.54, 1.807) is 74.6 Å². The maximum atomic E-state index is 14.3. The predicted octanol–water partition coefficient (Wildman–Crippen LogP) is -4.47. The minimum Gasteiger partial charge on any atom is -0.481 e. The van der Waals surface area contributed by atoms with Crippen molar-refractivity contribution in [1.82, 2.24) is 52.8 Å². The number of H-pyrrole nitrogens is 1. The molecule has 416 valence electrons. The normalized spacial score (nSPS) is 15.2. The molecule has 0 saturated heterocycles. The molecular weight excluding hydrogens is 999 g/mol. The molecule has 27 heteroatoms. The lowest BCUT2D eigenvalue weighted by Crippen LogP contribution is -2.62. The summed E-state index contributed by atoms with van der Waals surface area (Å²) in [6.07, 6.45) is -1.35. The Kier molecular flexibility index (Phi) is 24.4. The fourth-order valence-corrected chi connectivity index (χ4v) is 7.41. The number of amides is 9. The van der Waals surface area contributed by atoms with Gasteiger partial charge in [-0.25, -0.2) is 4.79 Å². The van der Waals surface area contributed by atoms with E-state index in [0.717, 1.165) is 6.92 Å². The van der Waals surface area contributed by atoms with Crippen LogP contribution in [-0.4, -0.2) is 176 Å². The Morgan fingerprint density at radius 2 is 0.987 bits per heavy atom. The number of nitrogens with two attached hydrogens (primary N) is 1. The molecule has 10 atom stereocenters. The molecule has 1 heterocycles. The number of para-hydroxylation sites is 1. The number of hydrogen-bond acceptors (Lipinski definition) is 15. The van der Waals surface area contributed by atoms with Crippen molar-refractivity contribution >= 4 is 76.0 Å². The maximum Gasteiger partial charge on any atom is 0.328 e. The number of carboxylic acid groups (broad SMARTS) is 2. The highest BCUT2D eigenvalue weighted by Gasteiger charge is 2.36. The van der Waals surface area contributed by atoms with Crippen LogP contribution in [-0.2, 0) is 65.6 Å². The van der Waals surface area contributed by atoms with Crippen molar-refractivity contribution in [1.29, 1.82) is 0 Å². The molecule has 0 bridgehead atoms. The number of aromatic nitrogens is 1. The number of aromatic amines is 1. The summed E-state index contributed by atoms with van der Waals surface area (Å²) in [4.78, 5) is 148. The molecule has 2 aromatic carbocycles. The Labute approximate surface area is 436 Å². The topological polar surface area (TPSA) is 439 Å². The van der Waals surface area contributed by atoms with E-state index in [2.05, 4.69) is 52.8 Å². The number of carbonyl (C=O) groups excluding carboxylic acids is 9. The van der Waals surface area contributed by atoms with Crippen LogP contribution >= 0.6 is 0 Å². The third kappa shape index (κ3) is 19.0. The largest absolute Gasteiger partial charge is 0.481 e. The van der Waals surface area contributed by atoms with Crippen LogP contribution in [0, 0.1) is 11.8 Å². The average Bonchev–Trinajstić information content (AvgIpc) is 3.77. The van der Waals surface area contributed by atoms with Crippen molar-refractivity contribution < 1.29 is 78.3 Å². The van der Waals surface area contributed by atoms with E-state index in [1.165, 1.54) is 20.8 Å². The van der Waals surface area contributed by atoms with Crippen LogP contribution in [0.2, 0.25) is 0 Å². The molecule has 0 aliphatic rings. The zero-order valence-electron chi connectivity index (χ0n) is 42.7. The first-order chi connectivity index (χ1) is 35.8. The molecule has 17 N–H and O–H groups in total. The number of nitrogens with one attached hydrogen (secondary N) is 10. The molecule has 76 heavy (non-hydrogen) atoms. The van der Waals surface area contributed by atoms with E-state index in [-0.39, 0.29) is 12.8 Å². The van der Waals surface area contributed by atoms with Gasteiger partial charge in [0.2, 0.25) is 53.2 Å². The van der Waals surface area contributed by atoms with Crippen LogP contribution in [0.1, 0.15) is 59.1 Å². The Bertz CT molecular complexity index is 2540. The number of carbonyl (C=O) groups is 11. The van der Waals surface area contributed by atoms with Crippen molar-refractivity contribution in [3.63, 3.8) is 0 Å². The molecule has 9 amide bonds. The van der Waals surface area contributed by atoms with Gasteiger partial charge in [-0.15, -0.1) is 0 Å². The van der Waals surface area contributed by atoms with Crippen LogP contribution < -0.4 is 53.6 Å². The zero-order valence-corrected chi connectivity index (χ0v) is 42.7. The van der Waals surface area contributed by atoms with E-state index in [1.807, 2.05) is 0 Å². The molecule has 0 saturated carbocycles. The fraction of sp³-hybridized carbons (Fsp3) is 0.490. The molecule has 0 aliphatic heterocycles. The number of aliphatic hydroxyl groups excluding tert-OH is 3. The number of hydrogen-bond donors (Lipinski definition) is 16. The zero-order chi connectivity index (χ0) is 57.0.